The molecule has 1 fully saturated rings. The van der Waals surface area contributed by atoms with Crippen LogP contribution in [0, 0.1) is 5.41 Å². The van der Waals surface area contributed by atoms with E-state index in [-0.39, 0.29) is 5.41 Å². The summed E-state index contributed by atoms with van der Waals surface area (Å²) in [7, 11) is 5.74. The largest absolute Gasteiger partial charge is 0.363 e. The van der Waals surface area contributed by atoms with Crippen molar-refractivity contribution in [2.45, 2.75) is 45.1 Å². The number of amidine groups is 1. The number of halogens is 1. The summed E-state index contributed by atoms with van der Waals surface area (Å²) in [5.41, 5.74) is 3.41. The van der Waals surface area contributed by atoms with Gasteiger partial charge in [0.25, 0.3) is 0 Å². The number of aliphatic imine (C=N–C) groups is 1. The van der Waals surface area contributed by atoms with E-state index in [4.69, 9.17) is 21.4 Å². The number of hydrogen-bond acceptors (Lipinski definition) is 4. The number of pyridine rings is 1. The fraction of sp³-hybridized carbons (Fsp3) is 0.478. The molecule has 1 aromatic heterocycles. The first-order valence-corrected chi connectivity index (χ1v) is 10.7. The summed E-state index contributed by atoms with van der Waals surface area (Å²) in [6, 6.07) is 10.0. The zero-order valence-corrected chi connectivity index (χ0v) is 18.2. The summed E-state index contributed by atoms with van der Waals surface area (Å²) >= 11 is 6.18. The van der Waals surface area contributed by atoms with Crippen LogP contribution in [0.1, 0.15) is 43.2 Å². The summed E-state index contributed by atoms with van der Waals surface area (Å²) in [6.07, 6.45) is 9.00. The molecule has 1 aliphatic carbocycles. The molecule has 0 N–H and O–H groups in total. The smallest absolute Gasteiger partial charge is 0.136 e. The summed E-state index contributed by atoms with van der Waals surface area (Å²) in [5.74, 6) is 1.96. The number of aromatic nitrogens is 1. The maximum atomic E-state index is 6.18. The summed E-state index contributed by atoms with van der Waals surface area (Å²) in [4.78, 5) is 17.7. The van der Waals surface area contributed by atoms with Gasteiger partial charge in [0.2, 0.25) is 0 Å². The van der Waals surface area contributed by atoms with Gasteiger partial charge in [-0.15, -0.1) is 0 Å². The Balaban J connectivity index is 1.78. The predicted molar refractivity (Wildman–Crippen MR) is 120 cm³/mol. The number of fused-ring (bicyclic) bond motifs is 1. The third-order valence-corrected chi connectivity index (χ3v) is 6.35. The zero-order valence-electron chi connectivity index (χ0n) is 17.5. The van der Waals surface area contributed by atoms with Crippen LogP contribution in [0.15, 0.2) is 41.5 Å². The summed E-state index contributed by atoms with van der Waals surface area (Å²) in [6.45, 7) is 0.596. The fourth-order valence-corrected chi connectivity index (χ4v) is 4.87. The van der Waals surface area contributed by atoms with E-state index < -0.39 is 0 Å². The van der Waals surface area contributed by atoms with Crippen molar-refractivity contribution in [2.24, 2.45) is 10.4 Å². The molecule has 29 heavy (non-hydrogen) atoms. The number of hydroxylamine groups is 1. The monoisotopic (exact) mass is 412 g/mol. The highest BCUT2D eigenvalue weighted by Crippen LogP contribution is 2.47. The molecule has 1 spiro atoms. The van der Waals surface area contributed by atoms with Crippen LogP contribution in [0.2, 0.25) is 5.02 Å². The number of rotatable bonds is 4. The van der Waals surface area contributed by atoms with Crippen LogP contribution in [0.3, 0.4) is 0 Å². The molecule has 2 aliphatic rings. The molecule has 1 aliphatic heterocycles. The van der Waals surface area contributed by atoms with E-state index in [9.17, 15) is 0 Å². The molecule has 0 amide bonds. The van der Waals surface area contributed by atoms with E-state index in [0.717, 1.165) is 47.2 Å². The second-order valence-electron chi connectivity index (χ2n) is 8.33. The molecule has 1 saturated carbocycles. The van der Waals surface area contributed by atoms with Crippen molar-refractivity contribution in [2.75, 3.05) is 31.2 Å². The maximum absolute atomic E-state index is 6.18. The first-order valence-electron chi connectivity index (χ1n) is 10.3. The Hall–Kier alpha value is -2.11. The molecule has 0 bridgehead atoms. The second-order valence-corrected chi connectivity index (χ2v) is 8.77. The van der Waals surface area contributed by atoms with Crippen molar-refractivity contribution >= 4 is 28.9 Å². The van der Waals surface area contributed by atoms with Crippen molar-refractivity contribution in [1.82, 2.24) is 4.98 Å². The molecule has 0 saturated heterocycles. The molecule has 154 valence electrons. The van der Waals surface area contributed by atoms with Crippen LogP contribution in [0.4, 0.5) is 11.5 Å². The van der Waals surface area contributed by atoms with Gasteiger partial charge >= 0.3 is 0 Å². The predicted octanol–water partition coefficient (Wildman–Crippen LogP) is 5.27. The van der Waals surface area contributed by atoms with Crippen molar-refractivity contribution in [3.8, 4) is 0 Å². The van der Waals surface area contributed by atoms with Gasteiger partial charge in [-0.25, -0.2) is 10.0 Å². The van der Waals surface area contributed by atoms with Crippen molar-refractivity contribution in [3.63, 3.8) is 0 Å². The molecular weight excluding hydrogens is 384 g/mol. The van der Waals surface area contributed by atoms with Gasteiger partial charge < -0.3 is 4.90 Å². The SMILES string of the molecule is CON1C(=NCc2cccc(Cl)c2)C2(CCCCC2)Cc2cnc(N(C)C)cc21. The lowest BCUT2D eigenvalue weighted by molar-refractivity contribution is 0.176. The molecule has 1 aromatic carbocycles. The number of hydrogen-bond donors (Lipinski definition) is 0. The van der Waals surface area contributed by atoms with E-state index in [1.54, 1.807) is 7.11 Å². The second kappa shape index (κ2) is 8.33. The minimum Gasteiger partial charge on any atom is -0.363 e. The number of nitrogens with zero attached hydrogens (tertiary/aromatic N) is 4. The first-order chi connectivity index (χ1) is 14.0. The first kappa shape index (κ1) is 20.2. The molecule has 0 atom stereocenters. The van der Waals surface area contributed by atoms with E-state index in [2.05, 4.69) is 17.1 Å². The molecule has 2 heterocycles. The summed E-state index contributed by atoms with van der Waals surface area (Å²) in [5, 5.41) is 2.69. The third kappa shape index (κ3) is 3.99. The van der Waals surface area contributed by atoms with Crippen molar-refractivity contribution in [1.29, 1.82) is 0 Å². The maximum Gasteiger partial charge on any atom is 0.136 e. The lowest BCUT2D eigenvalue weighted by Crippen LogP contribution is -2.50. The Bertz CT molecular complexity index is 906. The molecule has 4 rings (SSSR count). The average Bonchev–Trinajstić information content (AvgIpc) is 2.72. The van der Waals surface area contributed by atoms with Gasteiger partial charge in [-0.3, -0.25) is 9.83 Å². The Kier molecular flexibility index (Phi) is 5.79. The normalized spacial score (nSPS) is 19.4. The van der Waals surface area contributed by atoms with Gasteiger partial charge in [-0.1, -0.05) is 43.0 Å². The van der Waals surface area contributed by atoms with Crippen molar-refractivity contribution in [3.05, 3.63) is 52.7 Å². The quantitative estimate of drug-likeness (QED) is 0.685. The van der Waals surface area contributed by atoms with Crippen LogP contribution in [0.5, 0.6) is 0 Å². The highest BCUT2D eigenvalue weighted by Gasteiger charge is 2.45. The molecule has 0 radical (unpaired) electrons. The molecule has 0 unspecified atom stereocenters. The van der Waals surface area contributed by atoms with Gasteiger partial charge in [-0.2, -0.15) is 0 Å². The Morgan fingerprint density at radius 1 is 1.21 bits per heavy atom. The molecule has 2 aromatic rings. The zero-order chi connectivity index (χ0) is 20.4. The average molecular weight is 413 g/mol. The van der Waals surface area contributed by atoms with E-state index in [1.165, 1.54) is 24.8 Å². The fourth-order valence-electron chi connectivity index (χ4n) is 4.65. The number of benzene rings is 1. The van der Waals surface area contributed by atoms with Crippen LogP contribution in [0.25, 0.3) is 0 Å². The van der Waals surface area contributed by atoms with Gasteiger partial charge in [-0.05, 0) is 42.5 Å². The van der Waals surface area contributed by atoms with Gasteiger partial charge in [0.15, 0.2) is 0 Å². The highest BCUT2D eigenvalue weighted by atomic mass is 35.5. The molecular formula is C23H29ClN4O. The Morgan fingerprint density at radius 3 is 2.69 bits per heavy atom. The Morgan fingerprint density at radius 2 is 2.00 bits per heavy atom. The minimum atomic E-state index is 0.0150. The van der Waals surface area contributed by atoms with E-state index in [0.29, 0.717) is 6.54 Å². The molecule has 5 nitrogen and oxygen atoms in total. The summed E-state index contributed by atoms with van der Waals surface area (Å²) < 4.78 is 0. The van der Waals surface area contributed by atoms with Gasteiger partial charge in [0.1, 0.15) is 11.7 Å². The molecule has 6 heteroatoms. The lowest BCUT2D eigenvalue weighted by atomic mass is 9.67. The lowest BCUT2D eigenvalue weighted by Gasteiger charge is -2.46. The van der Waals surface area contributed by atoms with Crippen molar-refractivity contribution < 1.29 is 4.84 Å². The van der Waals surface area contributed by atoms with Crippen LogP contribution in [-0.2, 0) is 17.8 Å². The van der Waals surface area contributed by atoms with Crippen LogP contribution in [-0.4, -0.2) is 32.0 Å². The third-order valence-electron chi connectivity index (χ3n) is 6.11. The van der Waals surface area contributed by atoms with Gasteiger partial charge in [0, 0.05) is 36.8 Å². The topological polar surface area (TPSA) is 41.0 Å². The van der Waals surface area contributed by atoms with Gasteiger partial charge in [0.05, 0.1) is 19.3 Å². The van der Waals surface area contributed by atoms with E-state index in [1.807, 2.05) is 48.5 Å². The highest BCUT2D eigenvalue weighted by molar-refractivity contribution is 6.30. The number of anilines is 2. The van der Waals surface area contributed by atoms with Crippen LogP contribution >= 0.6 is 11.6 Å². The standard InChI is InChI=1S/C23H29ClN4O/c1-27(2)21-13-20-18(16-25-21)14-23(10-5-4-6-11-23)22(28(20)29-3)26-15-17-8-7-9-19(24)12-17/h7-9,12-13,16H,4-6,10-11,14-15H2,1-3H3. The minimum absolute atomic E-state index is 0.0150. The van der Waals surface area contributed by atoms with Crippen LogP contribution < -0.4 is 9.96 Å². The van der Waals surface area contributed by atoms with E-state index >= 15 is 0 Å². The Labute approximate surface area is 178 Å².